The standard InChI is InChI=1S/C13H25NS/c1-13(2)7-5-11(6-8-13)14-10-12-4-3-9-15-12/h11-12,14H,3-10H2,1-2H3. The van der Waals surface area contributed by atoms with Gasteiger partial charge in [0.25, 0.3) is 0 Å². The molecule has 1 N–H and O–H groups in total. The highest BCUT2D eigenvalue weighted by molar-refractivity contribution is 8.00. The summed E-state index contributed by atoms with van der Waals surface area (Å²) in [6, 6.07) is 0.819. The Morgan fingerprint density at radius 2 is 1.93 bits per heavy atom. The van der Waals surface area contributed by atoms with Gasteiger partial charge in [0, 0.05) is 17.8 Å². The highest BCUT2D eigenvalue weighted by Crippen LogP contribution is 2.35. The van der Waals surface area contributed by atoms with Crippen LogP contribution >= 0.6 is 11.8 Å². The molecule has 1 heterocycles. The first-order valence-electron chi connectivity index (χ1n) is 6.51. The first kappa shape index (κ1) is 11.8. The summed E-state index contributed by atoms with van der Waals surface area (Å²) in [5.74, 6) is 1.39. The van der Waals surface area contributed by atoms with Crippen molar-refractivity contribution >= 4 is 11.8 Å². The van der Waals surface area contributed by atoms with E-state index >= 15 is 0 Å². The van der Waals surface area contributed by atoms with E-state index in [0.29, 0.717) is 5.41 Å². The van der Waals surface area contributed by atoms with Gasteiger partial charge in [-0.1, -0.05) is 13.8 Å². The van der Waals surface area contributed by atoms with E-state index in [-0.39, 0.29) is 0 Å². The topological polar surface area (TPSA) is 12.0 Å². The molecule has 1 aliphatic heterocycles. The molecule has 1 aliphatic carbocycles. The quantitative estimate of drug-likeness (QED) is 0.792. The zero-order valence-corrected chi connectivity index (χ0v) is 11.0. The number of thioether (sulfide) groups is 1. The minimum absolute atomic E-state index is 0.611. The van der Waals surface area contributed by atoms with Crippen molar-refractivity contribution in [2.45, 2.75) is 63.7 Å². The van der Waals surface area contributed by atoms with Gasteiger partial charge in [-0.3, -0.25) is 0 Å². The Balaban J connectivity index is 1.64. The second kappa shape index (κ2) is 5.09. The summed E-state index contributed by atoms with van der Waals surface area (Å²) < 4.78 is 0. The van der Waals surface area contributed by atoms with Gasteiger partial charge in [0.1, 0.15) is 0 Å². The molecular formula is C13H25NS. The summed E-state index contributed by atoms with van der Waals surface area (Å²) in [6.07, 6.45) is 8.48. The van der Waals surface area contributed by atoms with Crippen molar-refractivity contribution in [2.24, 2.45) is 5.41 Å². The third-order valence-electron chi connectivity index (χ3n) is 4.00. The fraction of sp³-hybridized carbons (Fsp3) is 1.00. The molecule has 1 unspecified atom stereocenters. The molecule has 0 spiro atoms. The van der Waals surface area contributed by atoms with E-state index in [1.807, 2.05) is 0 Å². The molecule has 2 fully saturated rings. The lowest BCUT2D eigenvalue weighted by atomic mass is 9.75. The molecule has 2 rings (SSSR count). The van der Waals surface area contributed by atoms with Crippen LogP contribution in [0.5, 0.6) is 0 Å². The zero-order valence-electron chi connectivity index (χ0n) is 10.2. The smallest absolute Gasteiger partial charge is 0.0172 e. The molecule has 0 aromatic rings. The number of hydrogen-bond donors (Lipinski definition) is 1. The number of nitrogens with one attached hydrogen (secondary N) is 1. The van der Waals surface area contributed by atoms with Gasteiger partial charge in [-0.2, -0.15) is 11.8 Å². The maximum atomic E-state index is 3.78. The summed E-state index contributed by atoms with van der Waals surface area (Å²) >= 11 is 2.17. The van der Waals surface area contributed by atoms with Crippen molar-refractivity contribution in [1.29, 1.82) is 0 Å². The predicted molar refractivity (Wildman–Crippen MR) is 69.5 cm³/mol. The number of rotatable bonds is 3. The molecule has 15 heavy (non-hydrogen) atoms. The summed E-state index contributed by atoms with van der Waals surface area (Å²) in [4.78, 5) is 0. The first-order valence-corrected chi connectivity index (χ1v) is 7.56. The summed E-state index contributed by atoms with van der Waals surface area (Å²) in [6.45, 7) is 6.09. The van der Waals surface area contributed by atoms with Crippen LogP contribution in [0.4, 0.5) is 0 Å². The monoisotopic (exact) mass is 227 g/mol. The van der Waals surface area contributed by atoms with Crippen LogP contribution in [-0.2, 0) is 0 Å². The molecule has 2 aliphatic rings. The minimum Gasteiger partial charge on any atom is -0.313 e. The average Bonchev–Trinajstić information content (AvgIpc) is 2.69. The molecule has 2 heteroatoms. The van der Waals surface area contributed by atoms with Crippen LogP contribution in [-0.4, -0.2) is 23.6 Å². The third kappa shape index (κ3) is 3.67. The van der Waals surface area contributed by atoms with E-state index in [1.54, 1.807) is 0 Å². The SMILES string of the molecule is CC1(C)CCC(NCC2CCCS2)CC1. The third-order valence-corrected chi connectivity index (χ3v) is 5.40. The van der Waals surface area contributed by atoms with Crippen LogP contribution in [0.25, 0.3) is 0 Å². The van der Waals surface area contributed by atoms with Gasteiger partial charge in [0.05, 0.1) is 0 Å². The second-order valence-electron chi connectivity index (χ2n) is 5.98. The van der Waals surface area contributed by atoms with E-state index in [2.05, 4.69) is 30.9 Å². The molecule has 1 atom stereocenters. The van der Waals surface area contributed by atoms with Crippen molar-refractivity contribution < 1.29 is 0 Å². The predicted octanol–water partition coefficient (Wildman–Crippen LogP) is 3.44. The maximum Gasteiger partial charge on any atom is 0.0172 e. The largest absolute Gasteiger partial charge is 0.313 e. The maximum absolute atomic E-state index is 3.78. The van der Waals surface area contributed by atoms with Gasteiger partial charge >= 0.3 is 0 Å². The Bertz CT molecular complexity index is 187. The minimum atomic E-state index is 0.611. The van der Waals surface area contributed by atoms with Gasteiger partial charge in [0.15, 0.2) is 0 Å². The highest BCUT2D eigenvalue weighted by Gasteiger charge is 2.27. The van der Waals surface area contributed by atoms with Crippen LogP contribution in [0.15, 0.2) is 0 Å². The molecule has 0 aromatic carbocycles. The van der Waals surface area contributed by atoms with Gasteiger partial charge in [-0.05, 0) is 49.7 Å². The second-order valence-corrected chi connectivity index (χ2v) is 7.39. The molecule has 0 bridgehead atoms. The van der Waals surface area contributed by atoms with E-state index in [0.717, 1.165) is 11.3 Å². The average molecular weight is 227 g/mol. The lowest BCUT2D eigenvalue weighted by molar-refractivity contribution is 0.207. The molecule has 0 radical (unpaired) electrons. The van der Waals surface area contributed by atoms with Crippen LogP contribution < -0.4 is 5.32 Å². The summed E-state index contributed by atoms with van der Waals surface area (Å²) in [5, 5.41) is 4.70. The Morgan fingerprint density at radius 3 is 2.53 bits per heavy atom. The van der Waals surface area contributed by atoms with Crippen LogP contribution in [0.2, 0.25) is 0 Å². The Morgan fingerprint density at radius 1 is 1.20 bits per heavy atom. The molecular weight excluding hydrogens is 202 g/mol. The van der Waals surface area contributed by atoms with Gasteiger partial charge < -0.3 is 5.32 Å². The van der Waals surface area contributed by atoms with Crippen LogP contribution in [0.3, 0.4) is 0 Å². The molecule has 1 saturated carbocycles. The molecule has 88 valence electrons. The fourth-order valence-corrected chi connectivity index (χ4v) is 3.92. The fourth-order valence-electron chi connectivity index (χ4n) is 2.71. The van der Waals surface area contributed by atoms with Crippen LogP contribution in [0, 0.1) is 5.41 Å². The van der Waals surface area contributed by atoms with Crippen molar-refractivity contribution in [3.05, 3.63) is 0 Å². The van der Waals surface area contributed by atoms with Crippen molar-refractivity contribution in [3.8, 4) is 0 Å². The van der Waals surface area contributed by atoms with Crippen molar-refractivity contribution in [3.63, 3.8) is 0 Å². The van der Waals surface area contributed by atoms with Gasteiger partial charge in [0.2, 0.25) is 0 Å². The molecule has 1 nitrogen and oxygen atoms in total. The van der Waals surface area contributed by atoms with Crippen molar-refractivity contribution in [1.82, 2.24) is 5.32 Å². The summed E-state index contributed by atoms with van der Waals surface area (Å²) in [7, 11) is 0. The molecule has 0 amide bonds. The van der Waals surface area contributed by atoms with Crippen LogP contribution in [0.1, 0.15) is 52.4 Å². The van der Waals surface area contributed by atoms with E-state index in [1.165, 1.54) is 50.8 Å². The zero-order chi connectivity index (χ0) is 10.7. The summed E-state index contributed by atoms with van der Waals surface area (Å²) in [5.41, 5.74) is 0.611. The normalized spacial score (nSPS) is 32.0. The molecule has 1 saturated heterocycles. The first-order chi connectivity index (χ1) is 7.16. The Labute approximate surface area is 98.8 Å². The molecule has 0 aromatic heterocycles. The number of hydrogen-bond acceptors (Lipinski definition) is 2. The Hall–Kier alpha value is 0.310. The van der Waals surface area contributed by atoms with Gasteiger partial charge in [-0.15, -0.1) is 0 Å². The Kier molecular flexibility index (Phi) is 4.00. The lowest BCUT2D eigenvalue weighted by Crippen LogP contribution is -2.38. The highest BCUT2D eigenvalue weighted by atomic mass is 32.2. The lowest BCUT2D eigenvalue weighted by Gasteiger charge is -2.35. The van der Waals surface area contributed by atoms with E-state index in [9.17, 15) is 0 Å². The van der Waals surface area contributed by atoms with Gasteiger partial charge in [-0.25, -0.2) is 0 Å². The van der Waals surface area contributed by atoms with Crippen molar-refractivity contribution in [2.75, 3.05) is 12.3 Å². The van der Waals surface area contributed by atoms with E-state index < -0.39 is 0 Å². The van der Waals surface area contributed by atoms with E-state index in [4.69, 9.17) is 0 Å².